The highest BCUT2D eigenvalue weighted by Gasteiger charge is 2.38. The molecular weight excluding hydrogens is 162 g/mol. The van der Waals surface area contributed by atoms with E-state index < -0.39 is 0 Å². The van der Waals surface area contributed by atoms with E-state index in [1.165, 1.54) is 19.3 Å². The van der Waals surface area contributed by atoms with Gasteiger partial charge in [0.05, 0.1) is 11.6 Å². The zero-order valence-electron chi connectivity index (χ0n) is 8.60. The van der Waals surface area contributed by atoms with Crippen molar-refractivity contribution in [2.45, 2.75) is 43.7 Å². The Bertz CT molecular complexity index is 189. The summed E-state index contributed by atoms with van der Waals surface area (Å²) in [7, 11) is 3.67. The lowest BCUT2D eigenvalue weighted by molar-refractivity contribution is -0.0523. The quantitative estimate of drug-likeness (QED) is 0.667. The van der Waals surface area contributed by atoms with E-state index in [0.29, 0.717) is 0 Å². The summed E-state index contributed by atoms with van der Waals surface area (Å²) in [5.74, 6) is 2.78. The van der Waals surface area contributed by atoms with E-state index in [0.717, 1.165) is 12.8 Å². The van der Waals surface area contributed by atoms with Crippen LogP contribution in [0.5, 0.6) is 0 Å². The third-order valence-electron chi connectivity index (χ3n) is 3.09. The van der Waals surface area contributed by atoms with Crippen LogP contribution in [0.25, 0.3) is 0 Å². The molecule has 0 bridgehead atoms. The van der Waals surface area contributed by atoms with E-state index in [1.54, 1.807) is 7.11 Å². The Morgan fingerprint density at radius 2 is 2.00 bits per heavy atom. The Labute approximate surface area is 81.0 Å². The number of rotatable bonds is 3. The molecule has 1 fully saturated rings. The lowest BCUT2D eigenvalue weighted by Gasteiger charge is -2.40. The van der Waals surface area contributed by atoms with Gasteiger partial charge in [-0.3, -0.25) is 0 Å². The Kier molecular flexibility index (Phi) is 3.77. The third-order valence-corrected chi connectivity index (χ3v) is 3.09. The van der Waals surface area contributed by atoms with Crippen molar-refractivity contribution >= 4 is 0 Å². The third kappa shape index (κ3) is 2.04. The molecule has 1 rings (SSSR count). The zero-order valence-corrected chi connectivity index (χ0v) is 8.60. The Balaban J connectivity index is 2.72. The first-order chi connectivity index (χ1) is 6.29. The van der Waals surface area contributed by atoms with Crippen LogP contribution in [0.4, 0.5) is 0 Å². The van der Waals surface area contributed by atoms with Crippen LogP contribution in [0, 0.1) is 12.3 Å². The lowest BCUT2D eigenvalue weighted by Crippen LogP contribution is -2.51. The van der Waals surface area contributed by atoms with Crippen molar-refractivity contribution in [3.63, 3.8) is 0 Å². The second kappa shape index (κ2) is 4.64. The molecule has 0 spiro atoms. The fourth-order valence-electron chi connectivity index (χ4n) is 2.26. The molecule has 2 heteroatoms. The number of hydrogen-bond acceptors (Lipinski definition) is 2. The Morgan fingerprint density at radius 3 is 2.38 bits per heavy atom. The number of nitrogens with one attached hydrogen (secondary N) is 1. The summed E-state index contributed by atoms with van der Waals surface area (Å²) in [6.45, 7) is 0. The maximum atomic E-state index is 5.62. The van der Waals surface area contributed by atoms with Gasteiger partial charge >= 0.3 is 0 Å². The van der Waals surface area contributed by atoms with Gasteiger partial charge in [0.25, 0.3) is 0 Å². The first kappa shape index (κ1) is 10.6. The van der Waals surface area contributed by atoms with Crippen LogP contribution in [-0.2, 0) is 4.74 Å². The van der Waals surface area contributed by atoms with E-state index in [1.807, 2.05) is 7.05 Å². The predicted octanol–water partition coefficient (Wildman–Crippen LogP) is 1.56. The molecule has 1 aliphatic carbocycles. The van der Waals surface area contributed by atoms with Crippen LogP contribution in [0.15, 0.2) is 0 Å². The molecule has 1 unspecified atom stereocenters. The molecule has 1 aliphatic rings. The number of ether oxygens (including phenoxy) is 1. The SMILES string of the molecule is C#CC(NC)C1(OC)CCCCC1. The summed E-state index contributed by atoms with van der Waals surface area (Å²) in [4.78, 5) is 0. The average Bonchev–Trinajstić information content (AvgIpc) is 2.21. The molecule has 2 nitrogen and oxygen atoms in total. The number of methoxy groups -OCH3 is 1. The van der Waals surface area contributed by atoms with E-state index in [4.69, 9.17) is 11.2 Å². The van der Waals surface area contributed by atoms with Crippen LogP contribution < -0.4 is 5.32 Å². The van der Waals surface area contributed by atoms with E-state index in [9.17, 15) is 0 Å². The van der Waals surface area contributed by atoms with Crippen molar-refractivity contribution in [3.05, 3.63) is 0 Å². The van der Waals surface area contributed by atoms with Gasteiger partial charge in [0, 0.05) is 7.11 Å². The number of likely N-dealkylation sites (N-methyl/N-ethyl adjacent to an activating group) is 1. The highest BCUT2D eigenvalue weighted by Crippen LogP contribution is 2.33. The molecular formula is C11H19NO. The topological polar surface area (TPSA) is 21.3 Å². The summed E-state index contributed by atoms with van der Waals surface area (Å²) in [6.07, 6.45) is 11.4. The van der Waals surface area contributed by atoms with Crippen molar-refractivity contribution in [1.82, 2.24) is 5.32 Å². The van der Waals surface area contributed by atoms with Crippen LogP contribution >= 0.6 is 0 Å². The van der Waals surface area contributed by atoms with E-state index >= 15 is 0 Å². The molecule has 74 valence electrons. The Morgan fingerprint density at radius 1 is 1.38 bits per heavy atom. The summed E-state index contributed by atoms with van der Waals surface area (Å²) < 4.78 is 5.62. The second-order valence-electron chi connectivity index (χ2n) is 3.72. The summed E-state index contributed by atoms with van der Waals surface area (Å²) in [6, 6.07) is 0.0535. The summed E-state index contributed by atoms with van der Waals surface area (Å²) in [5.41, 5.74) is -0.109. The van der Waals surface area contributed by atoms with E-state index in [2.05, 4.69) is 11.2 Å². The van der Waals surface area contributed by atoms with Gasteiger partial charge < -0.3 is 10.1 Å². The molecule has 0 heterocycles. The van der Waals surface area contributed by atoms with Gasteiger partial charge in [-0.1, -0.05) is 25.2 Å². The Hall–Kier alpha value is -0.520. The minimum Gasteiger partial charge on any atom is -0.376 e. The first-order valence-corrected chi connectivity index (χ1v) is 4.97. The standard InChI is InChI=1S/C11H19NO/c1-4-10(12-2)11(13-3)8-6-5-7-9-11/h1,10,12H,5-9H2,2-3H3. The molecule has 0 aliphatic heterocycles. The van der Waals surface area contributed by atoms with Gasteiger partial charge in [0.15, 0.2) is 0 Å². The van der Waals surface area contributed by atoms with Crippen molar-refractivity contribution in [3.8, 4) is 12.3 Å². The van der Waals surface area contributed by atoms with Crippen LogP contribution in [0.2, 0.25) is 0 Å². The number of terminal acetylenes is 1. The van der Waals surface area contributed by atoms with Gasteiger partial charge in [-0.05, 0) is 19.9 Å². The molecule has 0 aromatic rings. The molecule has 0 radical (unpaired) electrons. The molecule has 1 saturated carbocycles. The molecule has 0 saturated heterocycles. The van der Waals surface area contributed by atoms with Gasteiger partial charge in [-0.25, -0.2) is 0 Å². The lowest BCUT2D eigenvalue weighted by atomic mass is 9.79. The van der Waals surface area contributed by atoms with Crippen LogP contribution in [0.3, 0.4) is 0 Å². The average molecular weight is 181 g/mol. The predicted molar refractivity (Wildman–Crippen MR) is 54.5 cm³/mol. The van der Waals surface area contributed by atoms with Crippen LogP contribution in [-0.4, -0.2) is 25.8 Å². The maximum absolute atomic E-state index is 5.62. The molecule has 0 aromatic heterocycles. The van der Waals surface area contributed by atoms with Crippen molar-refractivity contribution in [2.75, 3.05) is 14.2 Å². The van der Waals surface area contributed by atoms with Gasteiger partial charge in [-0.15, -0.1) is 6.42 Å². The highest BCUT2D eigenvalue weighted by molar-refractivity contribution is 5.10. The van der Waals surface area contributed by atoms with Gasteiger partial charge in [0.1, 0.15) is 0 Å². The maximum Gasteiger partial charge on any atom is 0.0978 e. The largest absolute Gasteiger partial charge is 0.376 e. The number of hydrogen-bond donors (Lipinski definition) is 1. The molecule has 1 N–H and O–H groups in total. The minimum atomic E-state index is -0.109. The first-order valence-electron chi connectivity index (χ1n) is 4.97. The molecule has 1 atom stereocenters. The van der Waals surface area contributed by atoms with Crippen molar-refractivity contribution in [1.29, 1.82) is 0 Å². The van der Waals surface area contributed by atoms with Crippen LogP contribution in [0.1, 0.15) is 32.1 Å². The second-order valence-corrected chi connectivity index (χ2v) is 3.72. The van der Waals surface area contributed by atoms with Crippen molar-refractivity contribution in [2.24, 2.45) is 0 Å². The monoisotopic (exact) mass is 181 g/mol. The molecule has 13 heavy (non-hydrogen) atoms. The smallest absolute Gasteiger partial charge is 0.0978 e. The minimum absolute atomic E-state index is 0.0535. The van der Waals surface area contributed by atoms with Crippen molar-refractivity contribution < 1.29 is 4.74 Å². The molecule has 0 aromatic carbocycles. The fraction of sp³-hybridized carbons (Fsp3) is 0.818. The highest BCUT2D eigenvalue weighted by atomic mass is 16.5. The summed E-state index contributed by atoms with van der Waals surface area (Å²) in [5, 5.41) is 3.15. The van der Waals surface area contributed by atoms with Gasteiger partial charge in [-0.2, -0.15) is 0 Å². The van der Waals surface area contributed by atoms with E-state index in [-0.39, 0.29) is 11.6 Å². The van der Waals surface area contributed by atoms with Gasteiger partial charge in [0.2, 0.25) is 0 Å². The fourth-order valence-corrected chi connectivity index (χ4v) is 2.26. The molecule has 0 amide bonds. The normalized spacial score (nSPS) is 23.5. The zero-order chi connectivity index (χ0) is 9.73. The summed E-state index contributed by atoms with van der Waals surface area (Å²) >= 11 is 0.